The number of fused-ring (bicyclic) bond motifs is 1. The Kier molecular flexibility index (Phi) is 1.89. The van der Waals surface area contributed by atoms with E-state index in [4.69, 9.17) is 10.2 Å². The van der Waals surface area contributed by atoms with Gasteiger partial charge in [-0.3, -0.25) is 4.90 Å². The van der Waals surface area contributed by atoms with Crippen LogP contribution in [0.3, 0.4) is 0 Å². The molecule has 1 aromatic heterocycles. The fraction of sp³-hybridized carbons (Fsp3) is 0.100. The number of anilines is 1. The van der Waals surface area contributed by atoms with Crippen molar-refractivity contribution in [3.8, 4) is 0 Å². The van der Waals surface area contributed by atoms with E-state index in [1.54, 1.807) is 7.05 Å². The molecule has 0 aliphatic carbocycles. The van der Waals surface area contributed by atoms with Crippen LogP contribution in [0.5, 0.6) is 0 Å². The number of urea groups is 1. The molecule has 0 aliphatic rings. The lowest BCUT2D eigenvalue weighted by atomic mass is 10.2. The summed E-state index contributed by atoms with van der Waals surface area (Å²) in [6, 6.07) is 6.98. The molecule has 0 atom stereocenters. The number of primary amides is 1. The molecule has 0 aliphatic heterocycles. The van der Waals surface area contributed by atoms with Gasteiger partial charge in [0.1, 0.15) is 11.8 Å². The molecule has 0 unspecified atom stereocenters. The SMILES string of the molecule is CN(C(N)=O)c1coc2ccccc12. The number of nitrogens with two attached hydrogens (primary N) is 1. The third-order valence-electron chi connectivity index (χ3n) is 2.15. The van der Waals surface area contributed by atoms with E-state index in [9.17, 15) is 4.79 Å². The van der Waals surface area contributed by atoms with Crippen LogP contribution < -0.4 is 10.6 Å². The fourth-order valence-corrected chi connectivity index (χ4v) is 1.34. The number of benzene rings is 1. The number of furan rings is 1. The lowest BCUT2D eigenvalue weighted by Crippen LogP contribution is -2.31. The first kappa shape index (κ1) is 8.62. The minimum atomic E-state index is -0.503. The van der Waals surface area contributed by atoms with Crippen molar-refractivity contribution < 1.29 is 9.21 Å². The Labute approximate surface area is 80.9 Å². The van der Waals surface area contributed by atoms with Gasteiger partial charge in [0.2, 0.25) is 0 Å². The molecule has 0 fully saturated rings. The predicted molar refractivity (Wildman–Crippen MR) is 54.2 cm³/mol. The van der Waals surface area contributed by atoms with Crippen LogP contribution >= 0.6 is 0 Å². The number of para-hydroxylation sites is 1. The number of rotatable bonds is 1. The van der Waals surface area contributed by atoms with Gasteiger partial charge in [-0.1, -0.05) is 12.1 Å². The van der Waals surface area contributed by atoms with Crippen LogP contribution in [0.15, 0.2) is 34.9 Å². The maximum Gasteiger partial charge on any atom is 0.319 e. The number of hydrogen-bond acceptors (Lipinski definition) is 2. The van der Waals surface area contributed by atoms with E-state index in [0.29, 0.717) is 5.69 Å². The molecule has 2 N–H and O–H groups in total. The average molecular weight is 190 g/mol. The highest BCUT2D eigenvalue weighted by Crippen LogP contribution is 2.27. The maximum atomic E-state index is 10.9. The summed E-state index contributed by atoms with van der Waals surface area (Å²) in [6.07, 6.45) is 1.52. The summed E-state index contributed by atoms with van der Waals surface area (Å²) in [5.41, 5.74) is 6.60. The highest BCUT2D eigenvalue weighted by Gasteiger charge is 2.12. The van der Waals surface area contributed by atoms with Gasteiger partial charge in [0, 0.05) is 12.4 Å². The van der Waals surface area contributed by atoms with E-state index >= 15 is 0 Å². The number of hydrogen-bond donors (Lipinski definition) is 1. The van der Waals surface area contributed by atoms with Gasteiger partial charge in [-0.25, -0.2) is 4.79 Å². The third-order valence-corrected chi connectivity index (χ3v) is 2.15. The van der Waals surface area contributed by atoms with Gasteiger partial charge in [0.05, 0.1) is 5.69 Å². The van der Waals surface area contributed by atoms with Crippen molar-refractivity contribution in [3.63, 3.8) is 0 Å². The quantitative estimate of drug-likeness (QED) is 0.747. The van der Waals surface area contributed by atoms with Crippen molar-refractivity contribution in [2.45, 2.75) is 0 Å². The van der Waals surface area contributed by atoms with Gasteiger partial charge in [-0.05, 0) is 12.1 Å². The van der Waals surface area contributed by atoms with Crippen LogP contribution in [0.4, 0.5) is 10.5 Å². The first-order valence-corrected chi connectivity index (χ1v) is 4.19. The molecule has 4 nitrogen and oxygen atoms in total. The van der Waals surface area contributed by atoms with E-state index in [0.717, 1.165) is 11.0 Å². The Morgan fingerprint density at radius 3 is 2.86 bits per heavy atom. The molecule has 0 saturated carbocycles. The highest BCUT2D eigenvalue weighted by atomic mass is 16.3. The second-order valence-electron chi connectivity index (χ2n) is 3.01. The van der Waals surface area contributed by atoms with E-state index in [-0.39, 0.29) is 0 Å². The molecule has 2 rings (SSSR count). The van der Waals surface area contributed by atoms with Crippen LogP contribution in [0.2, 0.25) is 0 Å². The predicted octanol–water partition coefficient (Wildman–Crippen LogP) is 1.95. The van der Waals surface area contributed by atoms with Gasteiger partial charge < -0.3 is 10.2 Å². The smallest absolute Gasteiger partial charge is 0.319 e. The summed E-state index contributed by atoms with van der Waals surface area (Å²) < 4.78 is 5.27. The molecular formula is C10H10N2O2. The molecule has 1 heterocycles. The molecule has 0 radical (unpaired) electrons. The van der Waals surface area contributed by atoms with Gasteiger partial charge >= 0.3 is 6.03 Å². The zero-order valence-corrected chi connectivity index (χ0v) is 7.73. The van der Waals surface area contributed by atoms with E-state index in [2.05, 4.69) is 0 Å². The Hall–Kier alpha value is -1.97. The molecule has 4 heteroatoms. The lowest BCUT2D eigenvalue weighted by molar-refractivity contribution is 0.255. The van der Waals surface area contributed by atoms with Gasteiger partial charge in [-0.2, -0.15) is 0 Å². The lowest BCUT2D eigenvalue weighted by Gasteiger charge is -2.11. The van der Waals surface area contributed by atoms with E-state index in [1.165, 1.54) is 11.2 Å². The molecule has 0 saturated heterocycles. The summed E-state index contributed by atoms with van der Waals surface area (Å²) in [6.45, 7) is 0. The zero-order chi connectivity index (χ0) is 10.1. The van der Waals surface area contributed by atoms with Crippen molar-refractivity contribution in [2.75, 3.05) is 11.9 Å². The topological polar surface area (TPSA) is 59.5 Å². The Balaban J connectivity index is 2.58. The molecule has 0 spiro atoms. The molecule has 1 aromatic carbocycles. The van der Waals surface area contributed by atoms with E-state index < -0.39 is 6.03 Å². The number of carbonyl (C=O) groups is 1. The maximum absolute atomic E-state index is 10.9. The number of amides is 2. The van der Waals surface area contributed by atoms with Crippen molar-refractivity contribution in [2.24, 2.45) is 5.73 Å². The largest absolute Gasteiger partial charge is 0.462 e. The second-order valence-corrected chi connectivity index (χ2v) is 3.01. The second kappa shape index (κ2) is 3.06. The Morgan fingerprint density at radius 2 is 2.14 bits per heavy atom. The molecule has 72 valence electrons. The summed E-state index contributed by atoms with van der Waals surface area (Å²) in [5, 5.41) is 0.883. The van der Waals surface area contributed by atoms with Gasteiger partial charge in [0.15, 0.2) is 0 Å². The minimum absolute atomic E-state index is 0.503. The van der Waals surface area contributed by atoms with Gasteiger partial charge in [0.25, 0.3) is 0 Å². The minimum Gasteiger partial charge on any atom is -0.462 e. The van der Waals surface area contributed by atoms with Crippen LogP contribution in [-0.4, -0.2) is 13.1 Å². The van der Waals surface area contributed by atoms with Crippen molar-refractivity contribution in [1.82, 2.24) is 0 Å². The Morgan fingerprint density at radius 1 is 1.43 bits per heavy atom. The first-order valence-electron chi connectivity index (χ1n) is 4.19. The van der Waals surface area contributed by atoms with Crippen molar-refractivity contribution in [1.29, 1.82) is 0 Å². The molecule has 2 aromatic rings. The molecule has 14 heavy (non-hydrogen) atoms. The van der Waals surface area contributed by atoms with Gasteiger partial charge in [-0.15, -0.1) is 0 Å². The normalized spacial score (nSPS) is 10.4. The fourth-order valence-electron chi connectivity index (χ4n) is 1.34. The van der Waals surface area contributed by atoms with E-state index in [1.807, 2.05) is 24.3 Å². The van der Waals surface area contributed by atoms with Crippen LogP contribution in [0, 0.1) is 0 Å². The van der Waals surface area contributed by atoms with Crippen LogP contribution in [0.1, 0.15) is 0 Å². The summed E-state index contributed by atoms with van der Waals surface area (Å²) in [5.74, 6) is 0. The summed E-state index contributed by atoms with van der Waals surface area (Å²) in [7, 11) is 1.61. The standard InChI is InChI=1S/C10H10N2O2/c1-12(10(11)13)8-6-14-9-5-3-2-4-7(8)9/h2-6H,1H3,(H2,11,13). The molecular weight excluding hydrogens is 180 g/mol. The molecule has 2 amide bonds. The summed E-state index contributed by atoms with van der Waals surface area (Å²) >= 11 is 0. The number of carbonyl (C=O) groups excluding carboxylic acids is 1. The first-order chi connectivity index (χ1) is 6.70. The summed E-state index contributed by atoms with van der Waals surface area (Å²) in [4.78, 5) is 12.3. The monoisotopic (exact) mass is 190 g/mol. The zero-order valence-electron chi connectivity index (χ0n) is 7.73. The van der Waals surface area contributed by atoms with Crippen LogP contribution in [-0.2, 0) is 0 Å². The van der Waals surface area contributed by atoms with Crippen molar-refractivity contribution in [3.05, 3.63) is 30.5 Å². The van der Waals surface area contributed by atoms with Crippen molar-refractivity contribution >= 4 is 22.7 Å². The third kappa shape index (κ3) is 1.21. The highest BCUT2D eigenvalue weighted by molar-refractivity contribution is 6.00. The van der Waals surface area contributed by atoms with Crippen LogP contribution in [0.25, 0.3) is 11.0 Å². The Bertz CT molecular complexity index is 476. The average Bonchev–Trinajstić information content (AvgIpc) is 2.60. The number of nitrogens with zero attached hydrogens (tertiary/aromatic N) is 1. The molecule has 0 bridgehead atoms.